The Labute approximate surface area is 119 Å². The Morgan fingerprint density at radius 1 is 1.53 bits per heavy atom. The maximum absolute atomic E-state index is 12.1. The van der Waals surface area contributed by atoms with Crippen LogP contribution in [0.25, 0.3) is 0 Å². The Morgan fingerprint density at radius 3 is 2.95 bits per heavy atom. The highest BCUT2D eigenvalue weighted by Crippen LogP contribution is 2.22. The van der Waals surface area contributed by atoms with Crippen molar-refractivity contribution in [3.05, 3.63) is 46.5 Å². The highest BCUT2D eigenvalue weighted by Gasteiger charge is 2.11. The van der Waals surface area contributed by atoms with Crippen LogP contribution >= 0.6 is 15.9 Å². The van der Waals surface area contributed by atoms with Gasteiger partial charge >= 0.3 is 0 Å². The number of benzene rings is 1. The van der Waals surface area contributed by atoms with Crippen molar-refractivity contribution in [2.75, 3.05) is 7.11 Å². The standard InChI is InChI=1S/C13H14BrN3O2/c1-17-6-5-15-12(17)8-16-13(18)10-7-9(19-2)3-4-11(10)14/h3-7H,8H2,1-2H3,(H,16,18). The van der Waals surface area contributed by atoms with E-state index >= 15 is 0 Å². The minimum absolute atomic E-state index is 0.172. The molecule has 1 amide bonds. The zero-order chi connectivity index (χ0) is 13.8. The first-order valence-corrected chi connectivity index (χ1v) is 6.49. The van der Waals surface area contributed by atoms with E-state index in [0.717, 1.165) is 10.3 Å². The lowest BCUT2D eigenvalue weighted by molar-refractivity contribution is 0.0948. The van der Waals surface area contributed by atoms with Crippen LogP contribution in [-0.4, -0.2) is 22.6 Å². The molecular weight excluding hydrogens is 310 g/mol. The number of carbonyl (C=O) groups is 1. The van der Waals surface area contributed by atoms with Crippen LogP contribution < -0.4 is 10.1 Å². The molecule has 0 unspecified atom stereocenters. The van der Waals surface area contributed by atoms with Crippen molar-refractivity contribution in [1.29, 1.82) is 0 Å². The number of nitrogens with one attached hydrogen (secondary N) is 1. The Bertz CT molecular complexity index is 595. The van der Waals surface area contributed by atoms with Gasteiger partial charge in [0.25, 0.3) is 5.91 Å². The second-order valence-corrected chi connectivity index (χ2v) is 4.84. The molecule has 0 radical (unpaired) electrons. The van der Waals surface area contributed by atoms with E-state index in [1.165, 1.54) is 0 Å². The second kappa shape index (κ2) is 5.88. The number of aryl methyl sites for hydroxylation is 1. The van der Waals surface area contributed by atoms with Gasteiger partial charge in [0.05, 0.1) is 19.2 Å². The maximum Gasteiger partial charge on any atom is 0.252 e. The van der Waals surface area contributed by atoms with Gasteiger partial charge < -0.3 is 14.6 Å². The molecule has 1 N–H and O–H groups in total. The number of hydrogen-bond acceptors (Lipinski definition) is 3. The molecule has 6 heteroatoms. The zero-order valence-electron chi connectivity index (χ0n) is 10.7. The second-order valence-electron chi connectivity index (χ2n) is 3.98. The van der Waals surface area contributed by atoms with Crippen LogP contribution in [0, 0.1) is 0 Å². The Hall–Kier alpha value is -1.82. The Kier molecular flexibility index (Phi) is 4.21. The van der Waals surface area contributed by atoms with Gasteiger partial charge in [-0.1, -0.05) is 0 Å². The molecule has 2 aromatic rings. The summed E-state index contributed by atoms with van der Waals surface area (Å²) in [4.78, 5) is 16.3. The third-order valence-corrected chi connectivity index (χ3v) is 3.44. The fourth-order valence-electron chi connectivity index (χ4n) is 1.63. The minimum Gasteiger partial charge on any atom is -0.497 e. The summed E-state index contributed by atoms with van der Waals surface area (Å²) >= 11 is 3.36. The lowest BCUT2D eigenvalue weighted by Gasteiger charge is -2.08. The number of methoxy groups -OCH3 is 1. The Morgan fingerprint density at radius 2 is 2.32 bits per heavy atom. The van der Waals surface area contributed by atoms with Crippen LogP contribution in [0.1, 0.15) is 16.2 Å². The highest BCUT2D eigenvalue weighted by atomic mass is 79.9. The number of nitrogens with zero attached hydrogens (tertiary/aromatic N) is 2. The molecule has 1 aromatic heterocycles. The number of aromatic nitrogens is 2. The predicted octanol–water partition coefficient (Wildman–Crippen LogP) is 2.12. The van der Waals surface area contributed by atoms with Crippen molar-refractivity contribution in [3.8, 4) is 5.75 Å². The summed E-state index contributed by atoms with van der Waals surface area (Å²) in [6, 6.07) is 5.27. The number of amides is 1. The molecule has 0 bridgehead atoms. The van der Waals surface area contributed by atoms with Crippen LogP contribution in [0.4, 0.5) is 0 Å². The van der Waals surface area contributed by atoms with E-state index in [0.29, 0.717) is 17.9 Å². The van der Waals surface area contributed by atoms with Crippen molar-refractivity contribution in [1.82, 2.24) is 14.9 Å². The third kappa shape index (κ3) is 3.14. The minimum atomic E-state index is -0.172. The first kappa shape index (κ1) is 13.6. The number of halogens is 1. The molecule has 0 saturated heterocycles. The van der Waals surface area contributed by atoms with Gasteiger partial charge in [-0.3, -0.25) is 4.79 Å². The van der Waals surface area contributed by atoms with Crippen molar-refractivity contribution in [2.24, 2.45) is 7.05 Å². The molecule has 0 aliphatic heterocycles. The van der Waals surface area contributed by atoms with Crippen molar-refractivity contribution in [3.63, 3.8) is 0 Å². The molecule has 0 aliphatic carbocycles. The molecule has 0 fully saturated rings. The molecular formula is C13H14BrN3O2. The first-order chi connectivity index (χ1) is 9.11. The van der Waals surface area contributed by atoms with Gasteiger partial charge in [0.15, 0.2) is 0 Å². The van der Waals surface area contributed by atoms with Crippen LogP contribution in [0.15, 0.2) is 35.1 Å². The topological polar surface area (TPSA) is 56.1 Å². The molecule has 100 valence electrons. The predicted molar refractivity (Wildman–Crippen MR) is 75.1 cm³/mol. The van der Waals surface area contributed by atoms with Crippen molar-refractivity contribution >= 4 is 21.8 Å². The van der Waals surface area contributed by atoms with E-state index in [2.05, 4.69) is 26.2 Å². The molecule has 2 rings (SSSR count). The van der Waals surface area contributed by atoms with E-state index in [9.17, 15) is 4.79 Å². The van der Waals surface area contributed by atoms with Gasteiger partial charge in [-0.25, -0.2) is 4.98 Å². The van der Waals surface area contributed by atoms with E-state index < -0.39 is 0 Å². The van der Waals surface area contributed by atoms with Crippen LogP contribution in [0.3, 0.4) is 0 Å². The molecule has 0 aliphatic rings. The van der Waals surface area contributed by atoms with Gasteiger partial charge in [-0.05, 0) is 34.1 Å². The highest BCUT2D eigenvalue weighted by molar-refractivity contribution is 9.10. The zero-order valence-corrected chi connectivity index (χ0v) is 12.3. The summed E-state index contributed by atoms with van der Waals surface area (Å²) in [5, 5.41) is 2.83. The summed E-state index contributed by atoms with van der Waals surface area (Å²) in [7, 11) is 3.45. The molecule has 0 atom stereocenters. The molecule has 1 heterocycles. The monoisotopic (exact) mass is 323 g/mol. The van der Waals surface area contributed by atoms with Crippen LogP contribution in [0.2, 0.25) is 0 Å². The van der Waals surface area contributed by atoms with Gasteiger partial charge in [0.1, 0.15) is 11.6 Å². The summed E-state index contributed by atoms with van der Waals surface area (Å²) < 4.78 is 7.70. The maximum atomic E-state index is 12.1. The average molecular weight is 324 g/mol. The van der Waals surface area contributed by atoms with Gasteiger partial charge in [0.2, 0.25) is 0 Å². The van der Waals surface area contributed by atoms with Crippen molar-refractivity contribution < 1.29 is 9.53 Å². The SMILES string of the molecule is COc1ccc(Br)c(C(=O)NCc2nccn2C)c1. The fraction of sp³-hybridized carbons (Fsp3) is 0.231. The fourth-order valence-corrected chi connectivity index (χ4v) is 2.05. The van der Waals surface area contributed by atoms with Gasteiger partial charge in [0, 0.05) is 23.9 Å². The lowest BCUT2D eigenvalue weighted by atomic mass is 10.2. The number of imidazole rings is 1. The number of rotatable bonds is 4. The van der Waals surface area contributed by atoms with Crippen LogP contribution in [-0.2, 0) is 13.6 Å². The molecule has 0 spiro atoms. The number of ether oxygens (including phenoxy) is 1. The summed E-state index contributed by atoms with van der Waals surface area (Å²) in [5.74, 6) is 1.27. The summed E-state index contributed by atoms with van der Waals surface area (Å²) in [6.45, 7) is 0.381. The quantitative estimate of drug-likeness (QED) is 0.937. The van der Waals surface area contributed by atoms with Gasteiger partial charge in [-0.15, -0.1) is 0 Å². The van der Waals surface area contributed by atoms with E-state index in [1.54, 1.807) is 31.5 Å². The Balaban J connectivity index is 2.10. The molecule has 0 saturated carbocycles. The largest absolute Gasteiger partial charge is 0.497 e. The normalized spacial score (nSPS) is 10.3. The summed E-state index contributed by atoms with van der Waals surface area (Å²) in [6.07, 6.45) is 3.53. The lowest BCUT2D eigenvalue weighted by Crippen LogP contribution is -2.24. The molecule has 1 aromatic carbocycles. The van der Waals surface area contributed by atoms with Gasteiger partial charge in [-0.2, -0.15) is 0 Å². The van der Waals surface area contributed by atoms with Crippen LogP contribution in [0.5, 0.6) is 5.75 Å². The third-order valence-electron chi connectivity index (χ3n) is 2.75. The van der Waals surface area contributed by atoms with E-state index in [-0.39, 0.29) is 5.91 Å². The van der Waals surface area contributed by atoms with E-state index in [4.69, 9.17) is 4.74 Å². The van der Waals surface area contributed by atoms with E-state index in [1.807, 2.05) is 17.8 Å². The molecule has 19 heavy (non-hydrogen) atoms. The first-order valence-electron chi connectivity index (χ1n) is 5.69. The average Bonchev–Trinajstić information content (AvgIpc) is 2.82. The molecule has 5 nitrogen and oxygen atoms in total. The number of hydrogen-bond donors (Lipinski definition) is 1. The van der Waals surface area contributed by atoms with Crippen molar-refractivity contribution in [2.45, 2.75) is 6.54 Å². The smallest absolute Gasteiger partial charge is 0.252 e. The number of carbonyl (C=O) groups excluding carboxylic acids is 1. The summed E-state index contributed by atoms with van der Waals surface area (Å²) in [5.41, 5.74) is 0.536.